The van der Waals surface area contributed by atoms with Crippen LogP contribution in [0.3, 0.4) is 0 Å². The van der Waals surface area contributed by atoms with Gasteiger partial charge in [-0.1, -0.05) is 13.3 Å². The van der Waals surface area contributed by atoms with Gasteiger partial charge >= 0.3 is 0 Å². The number of methoxy groups -OCH3 is 2. The largest absolute Gasteiger partial charge is 0.493 e. The Balaban J connectivity index is 2.62. The van der Waals surface area contributed by atoms with Gasteiger partial charge in [0.15, 0.2) is 11.5 Å². The minimum atomic E-state index is 0.768. The first-order valence-electron chi connectivity index (χ1n) is 5.94. The molecule has 0 unspecified atom stereocenters. The molecule has 0 saturated carbocycles. The Morgan fingerprint density at radius 3 is 2.35 bits per heavy atom. The van der Waals surface area contributed by atoms with Gasteiger partial charge in [0.05, 0.1) is 14.2 Å². The van der Waals surface area contributed by atoms with E-state index in [1.54, 1.807) is 14.2 Å². The highest BCUT2D eigenvalue weighted by molar-refractivity contribution is 5.87. The Bertz CT molecular complexity index is 528. The molecule has 0 radical (unpaired) electrons. The van der Waals surface area contributed by atoms with Gasteiger partial charge in [0.25, 0.3) is 0 Å². The summed E-state index contributed by atoms with van der Waals surface area (Å²) in [5, 5.41) is 1.21. The summed E-state index contributed by atoms with van der Waals surface area (Å²) in [7, 11) is 3.32. The standard InChI is InChI=1S/C14H19NO2/c1-5-6-11-9(2)10-7-13(16-3)14(17-4)8-12(10)15-11/h7-8,15H,5-6H2,1-4H3. The molecule has 1 aromatic carbocycles. The van der Waals surface area contributed by atoms with Crippen LogP contribution in [0.5, 0.6) is 11.5 Å². The first-order valence-corrected chi connectivity index (χ1v) is 5.94. The summed E-state index contributed by atoms with van der Waals surface area (Å²) in [6.45, 7) is 4.34. The fourth-order valence-electron chi connectivity index (χ4n) is 2.21. The van der Waals surface area contributed by atoms with E-state index in [1.165, 1.54) is 16.6 Å². The van der Waals surface area contributed by atoms with E-state index in [0.717, 1.165) is 29.9 Å². The number of aromatic nitrogens is 1. The van der Waals surface area contributed by atoms with Crippen LogP contribution in [-0.4, -0.2) is 19.2 Å². The lowest BCUT2D eigenvalue weighted by molar-refractivity contribution is 0.356. The van der Waals surface area contributed by atoms with Crippen molar-refractivity contribution in [2.45, 2.75) is 26.7 Å². The number of hydrogen-bond acceptors (Lipinski definition) is 2. The van der Waals surface area contributed by atoms with Crippen LogP contribution in [0.15, 0.2) is 12.1 Å². The molecule has 0 atom stereocenters. The van der Waals surface area contributed by atoms with Crippen LogP contribution < -0.4 is 9.47 Å². The number of H-pyrrole nitrogens is 1. The summed E-state index contributed by atoms with van der Waals surface area (Å²) in [5.74, 6) is 1.55. The summed E-state index contributed by atoms with van der Waals surface area (Å²) in [6.07, 6.45) is 2.22. The molecule has 1 aromatic heterocycles. The van der Waals surface area contributed by atoms with E-state index in [9.17, 15) is 0 Å². The molecule has 3 nitrogen and oxygen atoms in total. The fourth-order valence-corrected chi connectivity index (χ4v) is 2.21. The second-order valence-corrected chi connectivity index (χ2v) is 4.23. The van der Waals surface area contributed by atoms with Crippen LogP contribution in [0.1, 0.15) is 24.6 Å². The van der Waals surface area contributed by atoms with Gasteiger partial charge in [0.1, 0.15) is 0 Å². The third-order valence-corrected chi connectivity index (χ3v) is 3.17. The predicted molar refractivity (Wildman–Crippen MR) is 70.1 cm³/mol. The Morgan fingerprint density at radius 1 is 1.12 bits per heavy atom. The molecule has 0 aliphatic heterocycles. The lowest BCUT2D eigenvalue weighted by Crippen LogP contribution is -1.90. The van der Waals surface area contributed by atoms with Gasteiger partial charge in [-0.2, -0.15) is 0 Å². The first kappa shape index (κ1) is 11.8. The van der Waals surface area contributed by atoms with Crippen LogP contribution in [0.25, 0.3) is 10.9 Å². The fraction of sp³-hybridized carbons (Fsp3) is 0.429. The molecular weight excluding hydrogens is 214 g/mol. The molecule has 0 saturated heterocycles. The summed E-state index contributed by atoms with van der Waals surface area (Å²) >= 11 is 0. The predicted octanol–water partition coefficient (Wildman–Crippen LogP) is 3.45. The highest BCUT2D eigenvalue weighted by Crippen LogP contribution is 2.34. The Labute approximate surface area is 102 Å². The molecule has 1 heterocycles. The van der Waals surface area contributed by atoms with Crippen LogP contribution in [0.2, 0.25) is 0 Å². The topological polar surface area (TPSA) is 34.2 Å². The van der Waals surface area contributed by atoms with Gasteiger partial charge in [-0.25, -0.2) is 0 Å². The van der Waals surface area contributed by atoms with Crippen molar-refractivity contribution in [3.63, 3.8) is 0 Å². The molecule has 2 aromatic rings. The number of aromatic amines is 1. The van der Waals surface area contributed by atoms with E-state index >= 15 is 0 Å². The number of hydrogen-bond donors (Lipinski definition) is 1. The molecule has 0 aliphatic carbocycles. The molecule has 0 spiro atoms. The number of aryl methyl sites for hydroxylation is 2. The van der Waals surface area contributed by atoms with Crippen molar-refractivity contribution in [2.75, 3.05) is 14.2 Å². The quantitative estimate of drug-likeness (QED) is 0.877. The zero-order valence-electron chi connectivity index (χ0n) is 10.9. The zero-order chi connectivity index (χ0) is 12.4. The van der Waals surface area contributed by atoms with Crippen LogP contribution in [0.4, 0.5) is 0 Å². The van der Waals surface area contributed by atoms with E-state index < -0.39 is 0 Å². The van der Waals surface area contributed by atoms with Crippen LogP contribution in [-0.2, 0) is 6.42 Å². The molecule has 3 heteroatoms. The second kappa shape index (κ2) is 4.70. The SMILES string of the molecule is CCCc1[nH]c2cc(OC)c(OC)cc2c1C. The molecule has 2 rings (SSSR count). The molecular formula is C14H19NO2. The van der Waals surface area contributed by atoms with E-state index in [1.807, 2.05) is 12.1 Å². The maximum absolute atomic E-state index is 5.33. The molecule has 0 aliphatic rings. The normalized spacial score (nSPS) is 10.8. The number of rotatable bonds is 4. The van der Waals surface area contributed by atoms with E-state index in [2.05, 4.69) is 18.8 Å². The Hall–Kier alpha value is -1.64. The van der Waals surface area contributed by atoms with Gasteiger partial charge in [-0.05, 0) is 25.0 Å². The maximum atomic E-state index is 5.33. The summed E-state index contributed by atoms with van der Waals surface area (Å²) < 4.78 is 10.6. The van der Waals surface area contributed by atoms with E-state index in [4.69, 9.17) is 9.47 Å². The second-order valence-electron chi connectivity index (χ2n) is 4.23. The smallest absolute Gasteiger partial charge is 0.162 e. The van der Waals surface area contributed by atoms with Crippen molar-refractivity contribution >= 4 is 10.9 Å². The maximum Gasteiger partial charge on any atom is 0.162 e. The van der Waals surface area contributed by atoms with E-state index in [-0.39, 0.29) is 0 Å². The molecule has 1 N–H and O–H groups in total. The van der Waals surface area contributed by atoms with Crippen LogP contribution >= 0.6 is 0 Å². The molecule has 0 fully saturated rings. The highest BCUT2D eigenvalue weighted by Gasteiger charge is 2.11. The molecule has 0 amide bonds. The lowest BCUT2D eigenvalue weighted by atomic mass is 10.1. The number of fused-ring (bicyclic) bond motifs is 1. The van der Waals surface area contributed by atoms with Crippen molar-refractivity contribution in [2.24, 2.45) is 0 Å². The lowest BCUT2D eigenvalue weighted by Gasteiger charge is -2.07. The number of nitrogens with one attached hydrogen (secondary N) is 1. The average Bonchev–Trinajstić information content (AvgIpc) is 2.65. The van der Waals surface area contributed by atoms with Crippen LogP contribution in [0, 0.1) is 6.92 Å². The van der Waals surface area contributed by atoms with Gasteiger partial charge < -0.3 is 14.5 Å². The Morgan fingerprint density at radius 2 is 1.76 bits per heavy atom. The third-order valence-electron chi connectivity index (χ3n) is 3.17. The average molecular weight is 233 g/mol. The van der Waals surface area contributed by atoms with Crippen molar-refractivity contribution in [1.29, 1.82) is 0 Å². The molecule has 0 bridgehead atoms. The zero-order valence-corrected chi connectivity index (χ0v) is 10.9. The minimum absolute atomic E-state index is 0.768. The number of benzene rings is 1. The Kier molecular flexibility index (Phi) is 3.27. The van der Waals surface area contributed by atoms with Crippen molar-refractivity contribution in [1.82, 2.24) is 4.98 Å². The van der Waals surface area contributed by atoms with Gasteiger partial charge in [-0.3, -0.25) is 0 Å². The summed E-state index contributed by atoms with van der Waals surface area (Å²) in [6, 6.07) is 4.04. The molecule has 92 valence electrons. The monoisotopic (exact) mass is 233 g/mol. The van der Waals surface area contributed by atoms with Crippen molar-refractivity contribution in [3.05, 3.63) is 23.4 Å². The van der Waals surface area contributed by atoms with Gasteiger partial charge in [0.2, 0.25) is 0 Å². The minimum Gasteiger partial charge on any atom is -0.493 e. The third kappa shape index (κ3) is 1.97. The summed E-state index contributed by atoms with van der Waals surface area (Å²) in [5.41, 5.74) is 3.73. The van der Waals surface area contributed by atoms with Crippen molar-refractivity contribution in [3.8, 4) is 11.5 Å². The van der Waals surface area contributed by atoms with E-state index in [0.29, 0.717) is 0 Å². The van der Waals surface area contributed by atoms with Crippen molar-refractivity contribution < 1.29 is 9.47 Å². The van der Waals surface area contributed by atoms with Gasteiger partial charge in [0, 0.05) is 22.7 Å². The van der Waals surface area contributed by atoms with Gasteiger partial charge in [-0.15, -0.1) is 0 Å². The molecule has 17 heavy (non-hydrogen) atoms. The highest BCUT2D eigenvalue weighted by atomic mass is 16.5. The number of ether oxygens (including phenoxy) is 2. The first-order chi connectivity index (χ1) is 8.21. The summed E-state index contributed by atoms with van der Waals surface area (Å²) in [4.78, 5) is 3.46.